The second kappa shape index (κ2) is 8.73. The summed E-state index contributed by atoms with van der Waals surface area (Å²) in [5, 5.41) is 3.59. The van der Waals surface area contributed by atoms with Crippen LogP contribution in [0.1, 0.15) is 44.8 Å². The fraction of sp³-hybridized carbons (Fsp3) is 0.400. The normalized spacial score (nSPS) is 13.2. The molecule has 0 atom stereocenters. The smallest absolute Gasteiger partial charge is 0.341 e. The van der Waals surface area contributed by atoms with Crippen molar-refractivity contribution < 1.29 is 14.3 Å². The van der Waals surface area contributed by atoms with E-state index in [0.717, 1.165) is 37.0 Å². The van der Waals surface area contributed by atoms with Crippen molar-refractivity contribution in [1.82, 2.24) is 0 Å². The summed E-state index contributed by atoms with van der Waals surface area (Å²) < 4.78 is 4.95. The highest BCUT2D eigenvalue weighted by Gasteiger charge is 2.26. The van der Waals surface area contributed by atoms with Crippen LogP contribution in [0.3, 0.4) is 0 Å². The average molecular weight is 390 g/mol. The maximum Gasteiger partial charge on any atom is 0.341 e. The maximum atomic E-state index is 12.4. The number of anilines is 1. The molecule has 4 nitrogen and oxygen atoms in total. The summed E-state index contributed by atoms with van der Waals surface area (Å²) in [4.78, 5) is 25.8. The third-order valence-electron chi connectivity index (χ3n) is 4.57. The van der Waals surface area contributed by atoms with Gasteiger partial charge in [0.15, 0.2) is 0 Å². The van der Waals surface area contributed by atoms with Crippen molar-refractivity contribution in [3.63, 3.8) is 0 Å². The molecular formula is C20H23NO3S2. The number of thioether (sulfide) groups is 1. The van der Waals surface area contributed by atoms with Crippen molar-refractivity contribution in [1.29, 1.82) is 0 Å². The predicted molar refractivity (Wildman–Crippen MR) is 108 cm³/mol. The Hall–Kier alpha value is -1.79. The number of fused-ring (bicyclic) bond motifs is 1. The van der Waals surface area contributed by atoms with Crippen LogP contribution in [-0.2, 0) is 28.1 Å². The van der Waals surface area contributed by atoms with Gasteiger partial charge in [-0.3, -0.25) is 4.79 Å². The zero-order valence-corrected chi connectivity index (χ0v) is 16.7. The number of thiophene rings is 1. The molecule has 0 bridgehead atoms. The Morgan fingerprint density at radius 1 is 1.23 bits per heavy atom. The highest BCUT2D eigenvalue weighted by molar-refractivity contribution is 7.99. The number of nitrogens with one attached hydrogen (secondary N) is 1. The largest absolute Gasteiger partial charge is 0.465 e. The number of hydrogen-bond acceptors (Lipinski definition) is 5. The molecule has 0 radical (unpaired) electrons. The van der Waals surface area contributed by atoms with E-state index in [9.17, 15) is 9.59 Å². The first kappa shape index (κ1) is 19.0. The summed E-state index contributed by atoms with van der Waals surface area (Å²) in [5.41, 5.74) is 4.10. The number of hydrogen-bond donors (Lipinski definition) is 1. The van der Waals surface area contributed by atoms with Crippen LogP contribution in [0.15, 0.2) is 24.3 Å². The van der Waals surface area contributed by atoms with Gasteiger partial charge in [0.1, 0.15) is 5.00 Å². The number of ether oxygens (including phenoxy) is 1. The number of amides is 1. The van der Waals surface area contributed by atoms with Crippen LogP contribution in [0.25, 0.3) is 0 Å². The monoisotopic (exact) mass is 389 g/mol. The number of benzene rings is 1. The van der Waals surface area contributed by atoms with Crippen LogP contribution in [0.4, 0.5) is 5.00 Å². The first-order valence-corrected chi connectivity index (χ1v) is 10.7. The summed E-state index contributed by atoms with van der Waals surface area (Å²) in [5.74, 6) is 0.724. The van der Waals surface area contributed by atoms with E-state index in [1.807, 2.05) is 12.1 Å². The molecule has 0 unspecified atom stereocenters. The predicted octanol–water partition coefficient (Wildman–Crippen LogP) is 4.59. The van der Waals surface area contributed by atoms with E-state index in [1.54, 1.807) is 11.8 Å². The molecule has 1 N–H and O–H groups in total. The van der Waals surface area contributed by atoms with Crippen LogP contribution in [0.2, 0.25) is 0 Å². The van der Waals surface area contributed by atoms with Crippen LogP contribution < -0.4 is 5.32 Å². The van der Waals surface area contributed by atoms with E-state index in [1.165, 1.54) is 34.5 Å². The standard InChI is InChI=1S/C20H23NO3S2/c1-13-7-3-4-8-14(13)11-25-12-17(22)21-19-18(20(23)24-2)15-9-5-6-10-16(15)26-19/h3-4,7-8H,5-6,9-12H2,1-2H3,(H,21,22). The van der Waals surface area contributed by atoms with Crippen LogP contribution >= 0.6 is 23.1 Å². The van der Waals surface area contributed by atoms with Gasteiger partial charge < -0.3 is 10.1 Å². The van der Waals surface area contributed by atoms with Gasteiger partial charge in [-0.25, -0.2) is 4.79 Å². The Morgan fingerprint density at radius 3 is 2.77 bits per heavy atom. The van der Waals surface area contributed by atoms with Gasteiger partial charge in [-0.05, 0) is 49.3 Å². The molecule has 1 heterocycles. The molecule has 0 aliphatic heterocycles. The van der Waals surface area contributed by atoms with Crippen molar-refractivity contribution in [2.45, 2.75) is 38.4 Å². The number of carbonyl (C=O) groups excluding carboxylic acids is 2. The summed E-state index contributed by atoms with van der Waals surface area (Å²) >= 11 is 3.10. The Labute approximate surface area is 162 Å². The van der Waals surface area contributed by atoms with Crippen LogP contribution in [-0.4, -0.2) is 24.7 Å². The fourth-order valence-corrected chi connectivity index (χ4v) is 5.36. The van der Waals surface area contributed by atoms with E-state index >= 15 is 0 Å². The Balaban J connectivity index is 1.64. The van der Waals surface area contributed by atoms with E-state index in [-0.39, 0.29) is 11.9 Å². The first-order valence-electron chi connectivity index (χ1n) is 8.75. The second-order valence-electron chi connectivity index (χ2n) is 6.37. The molecule has 0 saturated carbocycles. The van der Waals surface area contributed by atoms with Gasteiger partial charge in [-0.2, -0.15) is 0 Å². The zero-order valence-electron chi connectivity index (χ0n) is 15.1. The molecule has 1 aromatic heterocycles. The lowest BCUT2D eigenvalue weighted by Crippen LogP contribution is -2.16. The summed E-state index contributed by atoms with van der Waals surface area (Å²) in [6.07, 6.45) is 4.07. The number of rotatable bonds is 6. The molecule has 26 heavy (non-hydrogen) atoms. The van der Waals surface area contributed by atoms with E-state index < -0.39 is 0 Å². The minimum absolute atomic E-state index is 0.0765. The lowest BCUT2D eigenvalue weighted by Gasteiger charge is -2.11. The van der Waals surface area contributed by atoms with Crippen molar-refractivity contribution >= 4 is 40.0 Å². The quantitative estimate of drug-likeness (QED) is 0.734. The minimum Gasteiger partial charge on any atom is -0.465 e. The first-order chi connectivity index (χ1) is 12.6. The molecular weight excluding hydrogens is 366 g/mol. The summed E-state index contributed by atoms with van der Waals surface area (Å²) in [6, 6.07) is 8.20. The summed E-state index contributed by atoms with van der Waals surface area (Å²) in [7, 11) is 1.39. The molecule has 1 amide bonds. The van der Waals surface area contributed by atoms with Crippen molar-refractivity contribution in [2.24, 2.45) is 0 Å². The highest BCUT2D eigenvalue weighted by atomic mass is 32.2. The molecule has 2 aromatic rings. The Bertz CT molecular complexity index is 813. The average Bonchev–Trinajstić information content (AvgIpc) is 3.00. The molecule has 0 saturated heterocycles. The molecule has 0 fully saturated rings. The lowest BCUT2D eigenvalue weighted by molar-refractivity contribution is -0.113. The number of methoxy groups -OCH3 is 1. The molecule has 1 aliphatic rings. The minimum atomic E-state index is -0.354. The SMILES string of the molecule is COC(=O)c1c(NC(=O)CSCc2ccccc2C)sc2c1CCCC2. The third kappa shape index (κ3) is 4.30. The molecule has 3 rings (SSSR count). The molecule has 0 spiro atoms. The van der Waals surface area contributed by atoms with Crippen molar-refractivity contribution in [3.8, 4) is 0 Å². The van der Waals surface area contributed by atoms with Crippen LogP contribution in [0.5, 0.6) is 0 Å². The van der Waals surface area contributed by atoms with Gasteiger partial charge in [0, 0.05) is 10.6 Å². The molecule has 1 aliphatic carbocycles. The lowest BCUT2D eigenvalue weighted by atomic mass is 9.95. The van der Waals surface area contributed by atoms with Gasteiger partial charge in [-0.1, -0.05) is 24.3 Å². The van der Waals surface area contributed by atoms with Gasteiger partial charge in [0.05, 0.1) is 18.4 Å². The van der Waals surface area contributed by atoms with Crippen molar-refractivity contribution in [2.75, 3.05) is 18.2 Å². The zero-order chi connectivity index (χ0) is 18.5. The van der Waals surface area contributed by atoms with Crippen molar-refractivity contribution in [3.05, 3.63) is 51.4 Å². The van der Waals surface area contributed by atoms with Gasteiger partial charge in [-0.15, -0.1) is 23.1 Å². The van der Waals surface area contributed by atoms with Gasteiger partial charge in [0.25, 0.3) is 0 Å². The third-order valence-corrected chi connectivity index (χ3v) is 6.75. The number of aryl methyl sites for hydroxylation is 2. The molecule has 138 valence electrons. The Kier molecular flexibility index (Phi) is 6.38. The highest BCUT2D eigenvalue weighted by Crippen LogP contribution is 2.38. The maximum absolute atomic E-state index is 12.4. The topological polar surface area (TPSA) is 55.4 Å². The fourth-order valence-electron chi connectivity index (χ4n) is 3.16. The van der Waals surface area contributed by atoms with E-state index in [0.29, 0.717) is 16.3 Å². The Morgan fingerprint density at radius 2 is 2.00 bits per heavy atom. The molecule has 6 heteroatoms. The van der Waals surface area contributed by atoms with Gasteiger partial charge in [0.2, 0.25) is 5.91 Å². The molecule has 1 aromatic carbocycles. The number of esters is 1. The van der Waals surface area contributed by atoms with E-state index in [2.05, 4.69) is 24.4 Å². The van der Waals surface area contributed by atoms with E-state index in [4.69, 9.17) is 4.74 Å². The second-order valence-corrected chi connectivity index (χ2v) is 8.46. The van der Waals surface area contributed by atoms with Crippen LogP contribution in [0, 0.1) is 6.92 Å². The van der Waals surface area contributed by atoms with Gasteiger partial charge >= 0.3 is 5.97 Å². The number of carbonyl (C=O) groups is 2. The summed E-state index contributed by atoms with van der Waals surface area (Å²) in [6.45, 7) is 2.08.